The third-order valence-electron chi connectivity index (χ3n) is 4.67. The van der Waals surface area contributed by atoms with E-state index >= 15 is 0 Å². The zero-order chi connectivity index (χ0) is 22.1. The van der Waals surface area contributed by atoms with E-state index < -0.39 is 12.8 Å². The smallest absolute Gasteiger partial charge is 0.239 e. The van der Waals surface area contributed by atoms with Crippen LogP contribution in [-0.4, -0.2) is 49.8 Å². The van der Waals surface area contributed by atoms with E-state index in [2.05, 4.69) is 20.1 Å². The van der Waals surface area contributed by atoms with E-state index in [1.54, 1.807) is 23.0 Å². The number of methoxy groups -OCH3 is 1. The Kier molecular flexibility index (Phi) is 6.05. The lowest BCUT2D eigenvalue weighted by atomic mass is 10.1. The molecule has 12 heteroatoms. The summed E-state index contributed by atoms with van der Waals surface area (Å²) in [4.78, 5) is 25.3. The fourth-order valence-corrected chi connectivity index (χ4v) is 4.47. The minimum Gasteiger partial charge on any atom is -0.495 e. The predicted octanol–water partition coefficient (Wildman–Crippen LogP) is 3.62. The molecule has 0 radical (unpaired) electrons. The molecule has 0 unspecified atom stereocenters. The van der Waals surface area contributed by atoms with Gasteiger partial charge in [-0.1, -0.05) is 11.6 Å². The number of carbonyl (C=O) groups is 1. The first kappa shape index (κ1) is 21.4. The maximum Gasteiger partial charge on any atom is 0.239 e. The molecule has 0 aromatic carbocycles. The monoisotopic (exact) mass is 466 g/mol. The number of nitrogen functional groups attached to an aromatic ring is 1. The standard InChI is InChI=1S/C19H17ClF2N6O2S/c1-30-13-4-5-24-11(16(13)20)7-28-17-15-10(27-28)6-9(12(29)2-3-14(21)22)8-31-18(15)26-19(23)25-17/h4-6,14H,2-3,7-8H2,1H3,(H2,23,25,26). The highest BCUT2D eigenvalue weighted by Crippen LogP contribution is 2.35. The van der Waals surface area contributed by atoms with Crippen molar-refractivity contribution in [2.75, 3.05) is 18.6 Å². The number of anilines is 1. The average molecular weight is 467 g/mol. The fourth-order valence-electron chi connectivity index (χ4n) is 3.19. The number of ether oxygens (including phenoxy) is 1. The summed E-state index contributed by atoms with van der Waals surface area (Å²) in [5.74, 6) is 0.469. The van der Waals surface area contributed by atoms with Crippen LogP contribution in [0.25, 0.3) is 17.1 Å². The molecule has 1 aliphatic rings. The van der Waals surface area contributed by atoms with Gasteiger partial charge in [-0.25, -0.2) is 18.4 Å². The maximum atomic E-state index is 12.5. The van der Waals surface area contributed by atoms with Gasteiger partial charge >= 0.3 is 0 Å². The van der Waals surface area contributed by atoms with Crippen molar-refractivity contribution in [3.8, 4) is 5.75 Å². The van der Waals surface area contributed by atoms with E-state index in [0.29, 0.717) is 43.8 Å². The Labute approximate surface area is 184 Å². The van der Waals surface area contributed by atoms with Gasteiger partial charge in [0, 0.05) is 36.4 Å². The van der Waals surface area contributed by atoms with Gasteiger partial charge in [0.2, 0.25) is 12.4 Å². The molecule has 162 valence electrons. The van der Waals surface area contributed by atoms with Crippen molar-refractivity contribution in [2.24, 2.45) is 0 Å². The Balaban J connectivity index is 1.77. The van der Waals surface area contributed by atoms with Crippen LogP contribution < -0.4 is 10.5 Å². The van der Waals surface area contributed by atoms with E-state index in [1.165, 1.54) is 18.9 Å². The number of carbonyl (C=O) groups excluding carboxylic acids is 1. The second kappa shape index (κ2) is 8.75. The molecule has 31 heavy (non-hydrogen) atoms. The topological polar surface area (TPSA) is 109 Å². The molecule has 0 spiro atoms. The molecule has 0 fully saturated rings. The number of alkyl halides is 2. The van der Waals surface area contributed by atoms with Crippen LogP contribution in [0.1, 0.15) is 24.2 Å². The second-order valence-electron chi connectivity index (χ2n) is 6.71. The number of aromatic nitrogens is 5. The molecule has 0 atom stereocenters. The van der Waals surface area contributed by atoms with Crippen molar-refractivity contribution in [3.05, 3.63) is 34.2 Å². The molecule has 2 N–H and O–H groups in total. The van der Waals surface area contributed by atoms with E-state index in [0.717, 1.165) is 0 Å². The van der Waals surface area contributed by atoms with Gasteiger partial charge in [0.1, 0.15) is 15.8 Å². The molecular formula is C19H17ClF2N6O2S. The number of ketones is 1. The average Bonchev–Trinajstić information content (AvgIpc) is 2.95. The molecule has 8 nitrogen and oxygen atoms in total. The zero-order valence-electron chi connectivity index (χ0n) is 16.3. The highest BCUT2D eigenvalue weighted by atomic mass is 35.5. The van der Waals surface area contributed by atoms with Gasteiger partial charge in [-0.2, -0.15) is 10.1 Å². The Morgan fingerprint density at radius 2 is 2.23 bits per heavy atom. The summed E-state index contributed by atoms with van der Waals surface area (Å²) in [5.41, 5.74) is 7.73. The molecular weight excluding hydrogens is 450 g/mol. The Morgan fingerprint density at radius 1 is 1.42 bits per heavy atom. The summed E-state index contributed by atoms with van der Waals surface area (Å²) < 4.78 is 31.9. The molecule has 4 rings (SSSR count). The number of rotatable bonds is 7. The highest BCUT2D eigenvalue weighted by Gasteiger charge is 2.24. The molecule has 1 aliphatic heterocycles. The number of nitrogens with zero attached hydrogens (tertiary/aromatic N) is 5. The first-order valence-corrected chi connectivity index (χ1v) is 10.6. The first-order valence-electron chi connectivity index (χ1n) is 9.23. The van der Waals surface area contributed by atoms with Crippen LogP contribution in [0.5, 0.6) is 5.75 Å². The molecule has 0 saturated heterocycles. The summed E-state index contributed by atoms with van der Waals surface area (Å²) in [5, 5.41) is 6.12. The van der Waals surface area contributed by atoms with Crippen LogP contribution in [-0.2, 0) is 11.3 Å². The molecule has 0 saturated carbocycles. The molecule has 0 bridgehead atoms. The van der Waals surface area contributed by atoms with Crippen LogP contribution in [0.4, 0.5) is 14.7 Å². The van der Waals surface area contributed by atoms with Gasteiger partial charge in [-0.05, 0) is 6.08 Å². The predicted molar refractivity (Wildman–Crippen MR) is 114 cm³/mol. The van der Waals surface area contributed by atoms with Gasteiger partial charge in [0.25, 0.3) is 0 Å². The summed E-state index contributed by atoms with van der Waals surface area (Å²) >= 11 is 7.66. The van der Waals surface area contributed by atoms with E-state index in [4.69, 9.17) is 22.1 Å². The molecule has 0 aliphatic carbocycles. The minimum atomic E-state index is -2.53. The van der Waals surface area contributed by atoms with Gasteiger partial charge < -0.3 is 10.5 Å². The SMILES string of the molecule is COc1ccnc(Cn2nc3c4c(nc(N)nc42)SCC(C(=O)CCC(F)F)=C3)c1Cl. The number of pyridine rings is 1. The highest BCUT2D eigenvalue weighted by molar-refractivity contribution is 7.99. The number of nitrogens with two attached hydrogens (primary N) is 1. The third kappa shape index (κ3) is 4.33. The Morgan fingerprint density at radius 3 is 2.97 bits per heavy atom. The zero-order valence-corrected chi connectivity index (χ0v) is 17.9. The Hall–Kier alpha value is -2.79. The van der Waals surface area contributed by atoms with Crippen molar-refractivity contribution in [1.29, 1.82) is 0 Å². The van der Waals surface area contributed by atoms with Crippen molar-refractivity contribution in [2.45, 2.75) is 30.8 Å². The van der Waals surface area contributed by atoms with Gasteiger partial charge in [0.05, 0.1) is 30.4 Å². The van der Waals surface area contributed by atoms with Gasteiger partial charge in [-0.3, -0.25) is 9.78 Å². The number of Topliss-reactive ketones (excluding diaryl/α,β-unsaturated/α-hetero) is 1. The lowest BCUT2D eigenvalue weighted by Gasteiger charge is -2.09. The number of hydrogen-bond acceptors (Lipinski definition) is 8. The van der Waals surface area contributed by atoms with Crippen LogP contribution in [0.3, 0.4) is 0 Å². The Bertz CT molecular complexity index is 1200. The van der Waals surface area contributed by atoms with Crippen molar-refractivity contribution >= 4 is 52.2 Å². The summed E-state index contributed by atoms with van der Waals surface area (Å²) in [6, 6.07) is 1.64. The maximum absolute atomic E-state index is 12.5. The third-order valence-corrected chi connectivity index (χ3v) is 6.10. The molecule has 3 aromatic heterocycles. The van der Waals surface area contributed by atoms with E-state index in [-0.39, 0.29) is 30.5 Å². The van der Waals surface area contributed by atoms with E-state index in [1.807, 2.05) is 0 Å². The summed E-state index contributed by atoms with van der Waals surface area (Å²) in [6.45, 7) is 0.176. The van der Waals surface area contributed by atoms with Gasteiger partial charge in [-0.15, -0.1) is 11.8 Å². The summed E-state index contributed by atoms with van der Waals surface area (Å²) in [6.07, 6.45) is -0.0702. The number of thioether (sulfide) groups is 1. The first-order chi connectivity index (χ1) is 14.9. The number of halogens is 3. The minimum absolute atomic E-state index is 0.0554. The quantitative estimate of drug-likeness (QED) is 0.526. The normalized spacial score (nSPS) is 13.4. The lowest BCUT2D eigenvalue weighted by molar-refractivity contribution is -0.116. The van der Waals surface area contributed by atoms with Crippen LogP contribution in [0, 0.1) is 0 Å². The van der Waals surface area contributed by atoms with Crippen molar-refractivity contribution in [1.82, 2.24) is 24.7 Å². The molecule has 3 aromatic rings. The molecule has 4 heterocycles. The lowest BCUT2D eigenvalue weighted by Crippen LogP contribution is -2.09. The molecule has 0 amide bonds. The second-order valence-corrected chi connectivity index (χ2v) is 8.06. The van der Waals surface area contributed by atoms with Crippen LogP contribution >= 0.6 is 23.4 Å². The fraction of sp³-hybridized carbons (Fsp3) is 0.316. The van der Waals surface area contributed by atoms with E-state index in [9.17, 15) is 13.6 Å². The van der Waals surface area contributed by atoms with Crippen molar-refractivity contribution < 1.29 is 18.3 Å². The van der Waals surface area contributed by atoms with Crippen LogP contribution in [0.15, 0.2) is 22.9 Å². The summed E-state index contributed by atoms with van der Waals surface area (Å²) in [7, 11) is 1.51. The van der Waals surface area contributed by atoms with Crippen molar-refractivity contribution in [3.63, 3.8) is 0 Å². The van der Waals surface area contributed by atoms with Gasteiger partial charge in [0.15, 0.2) is 11.4 Å². The van der Waals surface area contributed by atoms with Crippen LogP contribution in [0.2, 0.25) is 5.02 Å². The largest absolute Gasteiger partial charge is 0.495 e. The number of hydrogen-bond donors (Lipinski definition) is 1.